The third-order valence-electron chi connectivity index (χ3n) is 15.9. The fraction of sp³-hybridized carbons (Fsp3) is 0.953. The molecule has 1 heterocycles. The van der Waals surface area contributed by atoms with E-state index < -0.39 is 49.5 Å². The molecule has 0 bridgehead atoms. The van der Waals surface area contributed by atoms with Crippen LogP contribution in [0.15, 0.2) is 12.2 Å². The smallest absolute Gasteiger partial charge is 0.220 e. The lowest BCUT2D eigenvalue weighted by Gasteiger charge is -2.40. The Kier molecular flexibility index (Phi) is 52.0. The molecule has 0 radical (unpaired) electrons. The normalized spacial score (nSPS) is 19.0. The molecule has 0 aromatic carbocycles. The molecule has 0 aliphatic carbocycles. The maximum Gasteiger partial charge on any atom is 0.220 e. The van der Waals surface area contributed by atoms with Crippen LogP contribution in [-0.2, 0) is 14.3 Å². The lowest BCUT2D eigenvalue weighted by atomic mass is 9.99. The van der Waals surface area contributed by atoms with E-state index in [0.29, 0.717) is 6.42 Å². The van der Waals surface area contributed by atoms with Crippen molar-refractivity contribution < 1.29 is 39.8 Å². The summed E-state index contributed by atoms with van der Waals surface area (Å²) in [5, 5.41) is 54.6. The van der Waals surface area contributed by atoms with Crippen LogP contribution >= 0.6 is 0 Å². The average molecular weight is 1040 g/mol. The van der Waals surface area contributed by atoms with Gasteiger partial charge in [0.2, 0.25) is 5.91 Å². The topological polar surface area (TPSA) is 149 Å². The minimum Gasteiger partial charge on any atom is -0.394 e. The van der Waals surface area contributed by atoms with Crippen molar-refractivity contribution in [2.75, 3.05) is 13.2 Å². The van der Waals surface area contributed by atoms with Gasteiger partial charge in [-0.2, -0.15) is 0 Å². The van der Waals surface area contributed by atoms with Gasteiger partial charge >= 0.3 is 0 Å². The maximum absolute atomic E-state index is 13.1. The van der Waals surface area contributed by atoms with Crippen LogP contribution in [0.25, 0.3) is 0 Å². The molecule has 9 nitrogen and oxygen atoms in total. The first kappa shape index (κ1) is 69.9. The lowest BCUT2D eigenvalue weighted by Crippen LogP contribution is -2.60. The van der Waals surface area contributed by atoms with Crippen LogP contribution in [0.3, 0.4) is 0 Å². The molecule has 1 fully saturated rings. The second kappa shape index (κ2) is 54.3. The predicted octanol–water partition coefficient (Wildman–Crippen LogP) is 16.7. The van der Waals surface area contributed by atoms with Gasteiger partial charge in [-0.1, -0.05) is 321 Å². The van der Waals surface area contributed by atoms with Crippen LogP contribution in [0.2, 0.25) is 0 Å². The lowest BCUT2D eigenvalue weighted by molar-refractivity contribution is -0.302. The highest BCUT2D eigenvalue weighted by Gasteiger charge is 2.44. The van der Waals surface area contributed by atoms with Gasteiger partial charge in [0, 0.05) is 6.42 Å². The van der Waals surface area contributed by atoms with E-state index in [2.05, 4.69) is 19.2 Å². The first-order valence-electron chi connectivity index (χ1n) is 32.4. The Morgan fingerprint density at radius 1 is 0.452 bits per heavy atom. The zero-order valence-corrected chi connectivity index (χ0v) is 48.4. The second-order valence-corrected chi connectivity index (χ2v) is 22.9. The Labute approximate surface area is 452 Å². The molecule has 0 spiro atoms. The molecule has 1 amide bonds. The van der Waals surface area contributed by atoms with Gasteiger partial charge in [-0.3, -0.25) is 4.79 Å². The Hall–Kier alpha value is -1.07. The number of aliphatic hydroxyl groups excluding tert-OH is 5. The van der Waals surface area contributed by atoms with Crippen LogP contribution in [-0.4, -0.2) is 87.5 Å². The number of hydrogen-bond donors (Lipinski definition) is 6. The van der Waals surface area contributed by atoms with Crippen LogP contribution in [0.5, 0.6) is 0 Å². The molecule has 0 saturated carbocycles. The number of rotatable bonds is 57. The molecular weight excluding hydrogens is 911 g/mol. The molecular formula is C64H125NO8. The van der Waals surface area contributed by atoms with Crippen molar-refractivity contribution in [1.82, 2.24) is 5.32 Å². The summed E-state index contributed by atoms with van der Waals surface area (Å²) in [4.78, 5) is 13.1. The van der Waals surface area contributed by atoms with Crippen LogP contribution in [0, 0.1) is 0 Å². The van der Waals surface area contributed by atoms with Crippen molar-refractivity contribution in [2.24, 2.45) is 0 Å². The zero-order chi connectivity index (χ0) is 52.9. The van der Waals surface area contributed by atoms with Gasteiger partial charge < -0.3 is 40.3 Å². The molecule has 0 aromatic heterocycles. The summed E-state index contributed by atoms with van der Waals surface area (Å²) in [5.74, 6) is -0.169. The summed E-state index contributed by atoms with van der Waals surface area (Å²) in [6, 6.07) is -0.801. The molecule has 2 unspecified atom stereocenters. The number of carbonyl (C=O) groups excluding carboxylic acids is 1. The summed E-state index contributed by atoms with van der Waals surface area (Å²) in [5.41, 5.74) is 0. The van der Waals surface area contributed by atoms with Crippen molar-refractivity contribution in [3.63, 3.8) is 0 Å². The number of hydrogen-bond acceptors (Lipinski definition) is 8. The second-order valence-electron chi connectivity index (χ2n) is 22.9. The summed E-state index contributed by atoms with van der Waals surface area (Å²) in [6.07, 6.45) is 61.7. The number of aliphatic hydroxyl groups is 5. The molecule has 9 heteroatoms. The minimum atomic E-state index is -1.56. The molecule has 0 aromatic rings. The third kappa shape index (κ3) is 43.6. The molecule has 6 N–H and O–H groups in total. The Morgan fingerprint density at radius 2 is 0.753 bits per heavy atom. The highest BCUT2D eigenvalue weighted by Crippen LogP contribution is 2.23. The van der Waals surface area contributed by atoms with E-state index in [0.717, 1.165) is 38.5 Å². The van der Waals surface area contributed by atoms with Gasteiger partial charge in [0.05, 0.1) is 25.4 Å². The zero-order valence-electron chi connectivity index (χ0n) is 48.4. The van der Waals surface area contributed by atoms with Crippen LogP contribution < -0.4 is 5.32 Å². The molecule has 7 atom stereocenters. The summed E-state index contributed by atoms with van der Waals surface area (Å²) >= 11 is 0. The molecule has 1 aliphatic rings. The fourth-order valence-corrected chi connectivity index (χ4v) is 10.8. The van der Waals surface area contributed by atoms with Crippen LogP contribution in [0.1, 0.15) is 335 Å². The summed E-state index contributed by atoms with van der Waals surface area (Å²) in [6.45, 7) is 3.83. The highest BCUT2D eigenvalue weighted by molar-refractivity contribution is 5.76. The van der Waals surface area contributed by atoms with E-state index in [4.69, 9.17) is 9.47 Å². The van der Waals surface area contributed by atoms with Crippen molar-refractivity contribution in [3.05, 3.63) is 12.2 Å². The number of allylic oxidation sites excluding steroid dienone is 1. The van der Waals surface area contributed by atoms with E-state index in [1.807, 2.05) is 6.08 Å². The molecule has 73 heavy (non-hydrogen) atoms. The van der Waals surface area contributed by atoms with Crippen molar-refractivity contribution in [2.45, 2.75) is 378 Å². The van der Waals surface area contributed by atoms with Gasteiger partial charge in [0.25, 0.3) is 0 Å². The number of unbranched alkanes of at least 4 members (excludes halogenated alkanes) is 47. The average Bonchev–Trinajstić information content (AvgIpc) is 3.39. The number of carbonyl (C=O) groups is 1. The van der Waals surface area contributed by atoms with Crippen LogP contribution in [0.4, 0.5) is 0 Å². The standard InChI is InChI=1S/C64H125NO8/c1-3-5-7-9-11-13-15-17-19-21-22-23-24-25-26-27-28-29-30-31-32-33-34-35-36-38-40-42-44-46-48-50-52-54-60(68)65-57(56-72-64-63(71)62(70)61(69)59(55-66)73-64)58(67)53-51-49-47-45-43-41-39-37-20-18-16-14-12-10-8-6-4-2/h51,53,57-59,61-64,66-67,69-71H,3-50,52,54-56H2,1-2H3,(H,65,68)/b53-51+/t57-,58+,59+,61-,62?,63?,64+/m0/s1. The van der Waals surface area contributed by atoms with Gasteiger partial charge in [-0.05, 0) is 19.3 Å². The van der Waals surface area contributed by atoms with E-state index in [9.17, 15) is 30.3 Å². The van der Waals surface area contributed by atoms with Crippen molar-refractivity contribution in [3.8, 4) is 0 Å². The number of ether oxygens (including phenoxy) is 2. The van der Waals surface area contributed by atoms with E-state index in [1.165, 1.54) is 276 Å². The summed E-state index contributed by atoms with van der Waals surface area (Å²) < 4.78 is 11.3. The van der Waals surface area contributed by atoms with Gasteiger partial charge in [0.1, 0.15) is 24.4 Å². The maximum atomic E-state index is 13.1. The quantitative estimate of drug-likeness (QED) is 0.0261. The van der Waals surface area contributed by atoms with Gasteiger partial charge in [0.15, 0.2) is 6.29 Å². The monoisotopic (exact) mass is 1040 g/mol. The van der Waals surface area contributed by atoms with Crippen molar-refractivity contribution in [1.29, 1.82) is 0 Å². The largest absolute Gasteiger partial charge is 0.394 e. The first-order chi connectivity index (χ1) is 35.8. The van der Waals surface area contributed by atoms with Crippen molar-refractivity contribution >= 4 is 5.91 Å². The van der Waals surface area contributed by atoms with E-state index in [1.54, 1.807) is 6.08 Å². The first-order valence-corrected chi connectivity index (χ1v) is 32.4. The fourth-order valence-electron chi connectivity index (χ4n) is 10.8. The number of nitrogens with one attached hydrogen (secondary N) is 1. The molecule has 1 aliphatic heterocycles. The van der Waals surface area contributed by atoms with Gasteiger partial charge in [-0.15, -0.1) is 0 Å². The predicted molar refractivity (Wildman–Crippen MR) is 309 cm³/mol. The summed E-state index contributed by atoms with van der Waals surface area (Å²) in [7, 11) is 0. The number of amides is 1. The highest BCUT2D eigenvalue weighted by atomic mass is 16.7. The third-order valence-corrected chi connectivity index (χ3v) is 15.9. The van der Waals surface area contributed by atoms with E-state index in [-0.39, 0.29) is 12.5 Å². The molecule has 1 rings (SSSR count). The van der Waals surface area contributed by atoms with E-state index >= 15 is 0 Å². The van der Waals surface area contributed by atoms with Gasteiger partial charge in [-0.25, -0.2) is 0 Å². The molecule has 434 valence electrons. The Balaban J connectivity index is 2.09. The Morgan fingerprint density at radius 3 is 1.07 bits per heavy atom. The minimum absolute atomic E-state index is 0.169. The Bertz CT molecular complexity index is 1150. The molecule has 1 saturated heterocycles. The SMILES string of the molecule is CCCCCCCCCCCCCCCCC/C=C/[C@@H](O)[C@H](CO[C@@H]1O[C@H](CO)[C@H](O)C(O)C1O)NC(=O)CCCCCCCCCCCCCCCCCCCCCCCCCCCCCCCCCCC.